The number of anilines is 1. The van der Waals surface area contributed by atoms with Crippen LogP contribution in [0.2, 0.25) is 5.02 Å². The molecule has 0 radical (unpaired) electrons. The van der Waals surface area contributed by atoms with E-state index in [1.807, 2.05) is 0 Å². The van der Waals surface area contributed by atoms with Crippen molar-refractivity contribution in [2.75, 3.05) is 25.0 Å². The van der Waals surface area contributed by atoms with Crippen molar-refractivity contribution in [1.29, 1.82) is 0 Å². The number of aromatic nitrogens is 1. The van der Waals surface area contributed by atoms with Crippen LogP contribution in [-0.2, 0) is 6.18 Å². The minimum Gasteiger partial charge on any atom is -0.393 e. The third-order valence-corrected chi connectivity index (χ3v) is 5.29. The number of alkyl halides is 3. The highest BCUT2D eigenvalue weighted by molar-refractivity contribution is 6.32. The first-order valence-electron chi connectivity index (χ1n) is 9.47. The smallest absolute Gasteiger partial charge is 0.393 e. The number of pyridine rings is 1. The van der Waals surface area contributed by atoms with Crippen molar-refractivity contribution in [3.63, 3.8) is 0 Å². The van der Waals surface area contributed by atoms with Gasteiger partial charge in [0.05, 0.1) is 22.9 Å². The fourth-order valence-electron chi connectivity index (χ4n) is 3.31. The summed E-state index contributed by atoms with van der Waals surface area (Å²) in [5, 5.41) is 21.6. The number of benzene rings is 1. The molecule has 1 aliphatic rings. The molecule has 2 amide bonds. The van der Waals surface area contributed by atoms with E-state index in [-0.39, 0.29) is 17.8 Å². The minimum atomic E-state index is -4.44. The van der Waals surface area contributed by atoms with E-state index in [0.717, 1.165) is 11.6 Å². The van der Waals surface area contributed by atoms with Crippen LogP contribution in [0.1, 0.15) is 34.9 Å². The Bertz CT molecular complexity index is 1010. The molecule has 3 rings (SSSR count). The molecule has 1 atom stereocenters. The average molecular weight is 456 g/mol. The van der Waals surface area contributed by atoms with E-state index in [4.69, 9.17) is 16.7 Å². The maximum atomic E-state index is 12.9. The number of hydrogen-bond acceptors (Lipinski definition) is 4. The average Bonchev–Trinajstić information content (AvgIpc) is 2.72. The van der Waals surface area contributed by atoms with Crippen LogP contribution in [0.15, 0.2) is 36.5 Å². The van der Waals surface area contributed by atoms with Crippen LogP contribution in [0.25, 0.3) is 5.57 Å². The molecule has 0 spiro atoms. The van der Waals surface area contributed by atoms with Gasteiger partial charge in [-0.1, -0.05) is 17.7 Å². The Balaban J connectivity index is 1.66. The van der Waals surface area contributed by atoms with Gasteiger partial charge in [-0.3, -0.25) is 4.98 Å². The highest BCUT2D eigenvalue weighted by Gasteiger charge is 2.32. The number of hydrogen-bond donors (Lipinski definition) is 3. The van der Waals surface area contributed by atoms with Crippen molar-refractivity contribution in [3.05, 3.63) is 63.9 Å². The number of urea groups is 1. The SMILES string of the molecule is Cc1cc(NC(=O)N2CC=C(c3ncc([C@@H](O)CO)cc3Cl)CC2)ccc1C(F)(F)F. The number of aryl methyl sites for hydroxylation is 1. The van der Waals surface area contributed by atoms with Crippen LogP contribution in [0.4, 0.5) is 23.7 Å². The monoisotopic (exact) mass is 455 g/mol. The van der Waals surface area contributed by atoms with Gasteiger partial charge in [0.25, 0.3) is 0 Å². The first kappa shape index (κ1) is 23.1. The zero-order chi connectivity index (χ0) is 22.8. The molecule has 1 aromatic carbocycles. The zero-order valence-corrected chi connectivity index (χ0v) is 17.3. The maximum absolute atomic E-state index is 12.9. The number of nitrogens with zero attached hydrogens (tertiary/aromatic N) is 2. The molecular formula is C21H21ClF3N3O3. The first-order chi connectivity index (χ1) is 14.6. The molecule has 3 N–H and O–H groups in total. The third-order valence-electron chi connectivity index (χ3n) is 5.00. The number of amides is 2. The second kappa shape index (κ2) is 9.25. The number of carbonyl (C=O) groups is 1. The van der Waals surface area contributed by atoms with Crippen LogP contribution < -0.4 is 5.32 Å². The Morgan fingerprint density at radius 3 is 2.65 bits per heavy atom. The van der Waals surface area contributed by atoms with E-state index in [1.165, 1.54) is 36.2 Å². The molecule has 0 aliphatic carbocycles. The second-order valence-electron chi connectivity index (χ2n) is 7.18. The van der Waals surface area contributed by atoms with E-state index < -0.39 is 30.5 Å². The lowest BCUT2D eigenvalue weighted by Crippen LogP contribution is -2.38. The van der Waals surface area contributed by atoms with Crippen LogP contribution in [-0.4, -0.2) is 45.8 Å². The lowest BCUT2D eigenvalue weighted by atomic mass is 10.0. The quantitative estimate of drug-likeness (QED) is 0.637. The Labute approximate surface area is 182 Å². The summed E-state index contributed by atoms with van der Waals surface area (Å²) >= 11 is 6.26. The topological polar surface area (TPSA) is 85.7 Å². The van der Waals surface area contributed by atoms with Gasteiger partial charge in [-0.15, -0.1) is 0 Å². The Hall–Kier alpha value is -2.62. The van der Waals surface area contributed by atoms with Gasteiger partial charge < -0.3 is 20.4 Å². The van der Waals surface area contributed by atoms with Gasteiger partial charge in [0.2, 0.25) is 0 Å². The van der Waals surface area contributed by atoms with Gasteiger partial charge in [0.15, 0.2) is 0 Å². The number of aliphatic hydroxyl groups excluding tert-OH is 2. The third kappa shape index (κ3) is 5.36. The molecule has 166 valence electrons. The largest absolute Gasteiger partial charge is 0.416 e. The van der Waals surface area contributed by atoms with Crippen molar-refractivity contribution >= 4 is 28.9 Å². The van der Waals surface area contributed by atoms with Gasteiger partial charge in [-0.05, 0) is 48.7 Å². The summed E-state index contributed by atoms with van der Waals surface area (Å²) in [4.78, 5) is 18.3. The number of rotatable bonds is 4. The predicted octanol–water partition coefficient (Wildman–Crippen LogP) is 4.41. The summed E-state index contributed by atoms with van der Waals surface area (Å²) in [7, 11) is 0. The fraction of sp³-hybridized carbons (Fsp3) is 0.333. The summed E-state index contributed by atoms with van der Waals surface area (Å²) in [5.41, 5.74) is 1.35. The van der Waals surface area contributed by atoms with Crippen LogP contribution in [0, 0.1) is 6.92 Å². The van der Waals surface area contributed by atoms with E-state index in [0.29, 0.717) is 29.2 Å². The molecule has 2 heterocycles. The molecule has 0 fully saturated rings. The van der Waals surface area contributed by atoms with E-state index in [2.05, 4.69) is 10.3 Å². The zero-order valence-electron chi connectivity index (χ0n) is 16.6. The van der Waals surface area contributed by atoms with Gasteiger partial charge in [0.1, 0.15) is 6.10 Å². The number of aliphatic hydroxyl groups is 2. The summed E-state index contributed by atoms with van der Waals surface area (Å²) in [6.07, 6.45) is -1.78. The molecule has 31 heavy (non-hydrogen) atoms. The van der Waals surface area contributed by atoms with Crippen molar-refractivity contribution in [1.82, 2.24) is 9.88 Å². The van der Waals surface area contributed by atoms with Crippen molar-refractivity contribution in [2.24, 2.45) is 0 Å². The highest BCUT2D eigenvalue weighted by Crippen LogP contribution is 2.33. The number of nitrogens with one attached hydrogen (secondary N) is 1. The first-order valence-corrected chi connectivity index (χ1v) is 9.85. The van der Waals surface area contributed by atoms with Crippen molar-refractivity contribution in [3.8, 4) is 0 Å². The Morgan fingerprint density at radius 2 is 2.10 bits per heavy atom. The Kier molecular flexibility index (Phi) is 6.88. The highest BCUT2D eigenvalue weighted by atomic mass is 35.5. The molecule has 0 bridgehead atoms. The van der Waals surface area contributed by atoms with Gasteiger partial charge in [-0.2, -0.15) is 13.2 Å². The van der Waals surface area contributed by atoms with Crippen LogP contribution in [0.3, 0.4) is 0 Å². The fourth-order valence-corrected chi connectivity index (χ4v) is 3.60. The normalized spacial score (nSPS) is 15.5. The standard InChI is InChI=1S/C21H21ClF3N3O3/c1-12-8-15(2-3-16(12)21(23,24)25)27-20(31)28-6-4-13(5-7-28)19-17(22)9-14(10-26-19)18(30)11-29/h2-4,8-10,18,29-30H,5-7,11H2,1H3,(H,27,31)/t18-/m0/s1. The van der Waals surface area contributed by atoms with E-state index >= 15 is 0 Å². The Morgan fingerprint density at radius 1 is 1.35 bits per heavy atom. The minimum absolute atomic E-state index is 0.0293. The van der Waals surface area contributed by atoms with E-state index in [9.17, 15) is 23.1 Å². The lowest BCUT2D eigenvalue weighted by Gasteiger charge is -2.27. The second-order valence-corrected chi connectivity index (χ2v) is 7.59. The number of carbonyl (C=O) groups excluding carboxylic acids is 1. The van der Waals surface area contributed by atoms with Gasteiger partial charge in [-0.25, -0.2) is 4.79 Å². The lowest BCUT2D eigenvalue weighted by molar-refractivity contribution is -0.138. The van der Waals surface area contributed by atoms with Crippen molar-refractivity contribution < 1.29 is 28.2 Å². The summed E-state index contributed by atoms with van der Waals surface area (Å²) < 4.78 is 38.6. The summed E-state index contributed by atoms with van der Waals surface area (Å²) in [6.45, 7) is 1.55. The molecule has 10 heteroatoms. The summed E-state index contributed by atoms with van der Waals surface area (Å²) in [6, 6.07) is 4.58. The molecule has 0 unspecified atom stereocenters. The maximum Gasteiger partial charge on any atom is 0.416 e. The number of halogens is 4. The van der Waals surface area contributed by atoms with Crippen molar-refractivity contribution in [2.45, 2.75) is 25.6 Å². The van der Waals surface area contributed by atoms with E-state index in [1.54, 1.807) is 6.08 Å². The molecule has 6 nitrogen and oxygen atoms in total. The molecule has 1 aliphatic heterocycles. The van der Waals surface area contributed by atoms with Crippen LogP contribution >= 0.6 is 11.6 Å². The molecule has 0 saturated heterocycles. The molecule has 0 saturated carbocycles. The van der Waals surface area contributed by atoms with Gasteiger partial charge in [0, 0.05) is 30.5 Å². The van der Waals surface area contributed by atoms with Crippen LogP contribution in [0.5, 0.6) is 0 Å². The predicted molar refractivity (Wildman–Crippen MR) is 111 cm³/mol. The summed E-state index contributed by atoms with van der Waals surface area (Å²) in [5.74, 6) is 0. The molecular weight excluding hydrogens is 435 g/mol. The molecule has 2 aromatic rings. The molecule has 1 aromatic heterocycles. The van der Waals surface area contributed by atoms with Gasteiger partial charge >= 0.3 is 12.2 Å².